The maximum absolute atomic E-state index is 12.7. The Morgan fingerprint density at radius 2 is 2.00 bits per heavy atom. The van der Waals surface area contributed by atoms with Crippen LogP contribution in [0, 0.1) is 0 Å². The average molecular weight is 364 g/mol. The van der Waals surface area contributed by atoms with Gasteiger partial charge in [-0.3, -0.25) is 9.36 Å². The summed E-state index contributed by atoms with van der Waals surface area (Å²) in [5.41, 5.74) is 2.47. The van der Waals surface area contributed by atoms with Crippen molar-refractivity contribution in [1.82, 2.24) is 9.55 Å². The van der Waals surface area contributed by atoms with Crippen molar-refractivity contribution in [2.75, 3.05) is 6.26 Å². The van der Waals surface area contributed by atoms with Crippen LogP contribution in [0.5, 0.6) is 0 Å². The summed E-state index contributed by atoms with van der Waals surface area (Å²) in [5, 5.41) is 9.62. The SMILES string of the molecule is CSc1ccc(C=C2CCn3c2nc2cc(C(=O)O)ccc2c3=O)cc1. The van der Waals surface area contributed by atoms with Crippen LogP contribution in [0.3, 0.4) is 0 Å². The first-order chi connectivity index (χ1) is 12.6. The lowest BCUT2D eigenvalue weighted by Crippen LogP contribution is -2.20. The third-order valence-corrected chi connectivity index (χ3v) is 5.29. The standard InChI is InChI=1S/C20H16N2O3S/c1-26-15-5-2-12(3-6-15)10-13-8-9-22-18(13)21-17-11-14(20(24)25)4-7-16(17)19(22)23/h2-7,10-11H,8-9H2,1H3,(H,24,25). The number of allylic oxidation sites excluding steroid dienone is 1. The highest BCUT2D eigenvalue weighted by atomic mass is 32.2. The minimum absolute atomic E-state index is 0.122. The molecule has 0 atom stereocenters. The molecule has 1 N–H and O–H groups in total. The van der Waals surface area contributed by atoms with Gasteiger partial charge in [0.1, 0.15) is 5.82 Å². The number of fused-ring (bicyclic) bond motifs is 2. The fraction of sp³-hybridized carbons (Fsp3) is 0.150. The van der Waals surface area contributed by atoms with Gasteiger partial charge in [0.2, 0.25) is 0 Å². The van der Waals surface area contributed by atoms with Gasteiger partial charge in [0, 0.05) is 11.4 Å². The quantitative estimate of drug-likeness (QED) is 0.717. The zero-order chi connectivity index (χ0) is 18.3. The number of hydrogen-bond acceptors (Lipinski definition) is 4. The number of nitrogens with zero attached hydrogens (tertiary/aromatic N) is 2. The third kappa shape index (κ3) is 2.82. The van der Waals surface area contributed by atoms with Crippen LogP contribution in [0.2, 0.25) is 0 Å². The van der Waals surface area contributed by atoms with Crippen LogP contribution in [0.1, 0.15) is 28.2 Å². The maximum Gasteiger partial charge on any atom is 0.335 e. The van der Waals surface area contributed by atoms with Crippen molar-refractivity contribution in [2.45, 2.75) is 17.9 Å². The largest absolute Gasteiger partial charge is 0.478 e. The van der Waals surface area contributed by atoms with Gasteiger partial charge in [0.25, 0.3) is 5.56 Å². The fourth-order valence-corrected chi connectivity index (χ4v) is 3.60. The van der Waals surface area contributed by atoms with Crippen LogP contribution in [0.25, 0.3) is 22.6 Å². The van der Waals surface area contributed by atoms with Crippen LogP contribution in [-0.2, 0) is 6.54 Å². The third-order valence-electron chi connectivity index (χ3n) is 4.55. The molecular weight excluding hydrogens is 348 g/mol. The van der Waals surface area contributed by atoms with Crippen molar-refractivity contribution in [3.63, 3.8) is 0 Å². The summed E-state index contributed by atoms with van der Waals surface area (Å²) in [6.45, 7) is 0.590. The molecular formula is C20H16N2O3S. The normalized spacial score (nSPS) is 14.7. The summed E-state index contributed by atoms with van der Waals surface area (Å²) in [4.78, 5) is 29.7. The zero-order valence-electron chi connectivity index (χ0n) is 14.1. The van der Waals surface area contributed by atoms with Gasteiger partial charge in [0.15, 0.2) is 0 Å². The van der Waals surface area contributed by atoms with Gasteiger partial charge in [-0.25, -0.2) is 9.78 Å². The Morgan fingerprint density at radius 3 is 2.69 bits per heavy atom. The van der Waals surface area contributed by atoms with E-state index in [1.807, 2.05) is 24.5 Å². The molecule has 0 aliphatic carbocycles. The van der Waals surface area contributed by atoms with E-state index in [1.54, 1.807) is 22.4 Å². The first-order valence-corrected chi connectivity index (χ1v) is 9.42. The van der Waals surface area contributed by atoms with Crippen LogP contribution in [0.4, 0.5) is 0 Å². The Hall–Kier alpha value is -2.86. The molecule has 5 nitrogen and oxygen atoms in total. The lowest BCUT2D eigenvalue weighted by molar-refractivity contribution is 0.0697. The number of rotatable bonds is 3. The Balaban J connectivity index is 1.84. The summed E-state index contributed by atoms with van der Waals surface area (Å²) in [6, 6.07) is 12.7. The van der Waals surface area contributed by atoms with E-state index in [1.165, 1.54) is 17.0 Å². The maximum atomic E-state index is 12.7. The molecule has 0 spiro atoms. The molecule has 0 radical (unpaired) electrons. The topological polar surface area (TPSA) is 72.2 Å². The average Bonchev–Trinajstić information content (AvgIpc) is 3.05. The van der Waals surface area contributed by atoms with E-state index in [9.17, 15) is 14.7 Å². The summed E-state index contributed by atoms with van der Waals surface area (Å²) >= 11 is 1.69. The van der Waals surface area contributed by atoms with Gasteiger partial charge in [-0.1, -0.05) is 12.1 Å². The van der Waals surface area contributed by atoms with Gasteiger partial charge < -0.3 is 5.11 Å². The number of aromatic nitrogens is 2. The second-order valence-electron chi connectivity index (χ2n) is 6.12. The van der Waals surface area contributed by atoms with E-state index >= 15 is 0 Å². The van der Waals surface area contributed by atoms with Crippen molar-refractivity contribution in [2.24, 2.45) is 0 Å². The highest BCUT2D eigenvalue weighted by Crippen LogP contribution is 2.28. The molecule has 1 aliphatic rings. The summed E-state index contributed by atoms with van der Waals surface area (Å²) < 4.78 is 1.67. The predicted octanol–water partition coefficient (Wildman–Crippen LogP) is 3.76. The van der Waals surface area contributed by atoms with Crippen LogP contribution >= 0.6 is 11.8 Å². The van der Waals surface area contributed by atoms with Crippen molar-refractivity contribution in [1.29, 1.82) is 0 Å². The molecule has 6 heteroatoms. The lowest BCUT2D eigenvalue weighted by atomic mass is 10.1. The highest BCUT2D eigenvalue weighted by molar-refractivity contribution is 7.98. The number of aromatic carboxylic acids is 1. The van der Waals surface area contributed by atoms with Gasteiger partial charge in [-0.05, 0) is 60.2 Å². The molecule has 26 heavy (non-hydrogen) atoms. The summed E-state index contributed by atoms with van der Waals surface area (Å²) in [5.74, 6) is -0.405. The van der Waals surface area contributed by atoms with Crippen LogP contribution < -0.4 is 5.56 Å². The Bertz CT molecular complexity index is 1110. The molecule has 130 valence electrons. The summed E-state index contributed by atoms with van der Waals surface area (Å²) in [7, 11) is 0. The lowest BCUT2D eigenvalue weighted by Gasteiger charge is -2.06. The number of benzene rings is 2. The van der Waals surface area contributed by atoms with E-state index in [0.717, 1.165) is 17.6 Å². The number of carbonyl (C=O) groups is 1. The first-order valence-electron chi connectivity index (χ1n) is 8.20. The minimum Gasteiger partial charge on any atom is -0.478 e. The van der Waals surface area contributed by atoms with Gasteiger partial charge in [0.05, 0.1) is 16.5 Å². The smallest absolute Gasteiger partial charge is 0.335 e. The molecule has 0 bridgehead atoms. The monoisotopic (exact) mass is 364 g/mol. The second kappa shape index (κ2) is 6.46. The van der Waals surface area contributed by atoms with Gasteiger partial charge in [-0.2, -0.15) is 0 Å². The molecule has 3 aromatic rings. The van der Waals surface area contributed by atoms with E-state index in [4.69, 9.17) is 0 Å². The van der Waals surface area contributed by atoms with E-state index < -0.39 is 5.97 Å². The van der Waals surface area contributed by atoms with Crippen molar-refractivity contribution in [3.05, 3.63) is 69.8 Å². The molecule has 0 amide bonds. The van der Waals surface area contributed by atoms with Crippen molar-refractivity contribution in [3.8, 4) is 0 Å². The number of carboxylic acid groups (broad SMARTS) is 1. The fourth-order valence-electron chi connectivity index (χ4n) is 3.19. The molecule has 4 rings (SSSR count). The summed E-state index contributed by atoms with van der Waals surface area (Å²) in [6.07, 6.45) is 4.81. The van der Waals surface area contributed by atoms with Crippen molar-refractivity contribution >= 4 is 40.3 Å². The van der Waals surface area contributed by atoms with Gasteiger partial charge >= 0.3 is 5.97 Å². The van der Waals surface area contributed by atoms with E-state index in [0.29, 0.717) is 23.3 Å². The van der Waals surface area contributed by atoms with Crippen LogP contribution in [-0.4, -0.2) is 26.9 Å². The molecule has 1 aliphatic heterocycles. The van der Waals surface area contributed by atoms with E-state index in [2.05, 4.69) is 17.1 Å². The Morgan fingerprint density at radius 1 is 1.23 bits per heavy atom. The van der Waals surface area contributed by atoms with Crippen molar-refractivity contribution < 1.29 is 9.90 Å². The Kier molecular flexibility index (Phi) is 4.12. The predicted molar refractivity (Wildman–Crippen MR) is 104 cm³/mol. The number of hydrogen-bond donors (Lipinski definition) is 1. The molecule has 0 saturated heterocycles. The number of carboxylic acids is 1. The molecule has 0 fully saturated rings. The molecule has 2 heterocycles. The molecule has 2 aromatic carbocycles. The molecule has 0 unspecified atom stereocenters. The first kappa shape index (κ1) is 16.6. The number of thioether (sulfide) groups is 1. The van der Waals surface area contributed by atoms with Crippen LogP contribution in [0.15, 0.2) is 52.2 Å². The molecule has 1 aromatic heterocycles. The Labute approximate surface area is 154 Å². The van der Waals surface area contributed by atoms with E-state index in [-0.39, 0.29) is 11.1 Å². The van der Waals surface area contributed by atoms with Gasteiger partial charge in [-0.15, -0.1) is 11.8 Å². The molecule has 0 saturated carbocycles. The minimum atomic E-state index is -1.03. The highest BCUT2D eigenvalue weighted by Gasteiger charge is 2.21. The zero-order valence-corrected chi connectivity index (χ0v) is 14.9. The second-order valence-corrected chi connectivity index (χ2v) is 7.00.